The molecule has 5 nitrogen and oxygen atoms in total. The lowest BCUT2D eigenvalue weighted by molar-refractivity contribution is -0.115. The average molecular weight is 297 g/mol. The van der Waals surface area contributed by atoms with Gasteiger partial charge in [-0.15, -0.1) is 0 Å². The molecule has 0 atom stereocenters. The molecule has 5 heteroatoms. The first-order chi connectivity index (χ1) is 10.6. The third-order valence-electron chi connectivity index (χ3n) is 3.20. The van der Waals surface area contributed by atoms with Crippen LogP contribution >= 0.6 is 0 Å². The van der Waals surface area contributed by atoms with Crippen molar-refractivity contribution in [2.75, 3.05) is 10.6 Å². The van der Waals surface area contributed by atoms with Gasteiger partial charge in [-0.3, -0.25) is 9.59 Å². The minimum atomic E-state index is -0.228. The lowest BCUT2D eigenvalue weighted by Crippen LogP contribution is -2.15. The van der Waals surface area contributed by atoms with Gasteiger partial charge in [0.05, 0.1) is 0 Å². The van der Waals surface area contributed by atoms with E-state index in [-0.39, 0.29) is 11.8 Å². The van der Waals surface area contributed by atoms with Crippen molar-refractivity contribution in [3.63, 3.8) is 0 Å². The Morgan fingerprint density at radius 1 is 0.955 bits per heavy atom. The van der Waals surface area contributed by atoms with E-state index in [2.05, 4.69) is 22.5 Å². The maximum atomic E-state index is 12.2. The number of hydrogen-bond acceptors (Lipinski definition) is 3. The summed E-state index contributed by atoms with van der Waals surface area (Å²) >= 11 is 0. The van der Waals surface area contributed by atoms with Crippen LogP contribution in [-0.2, 0) is 11.2 Å². The SMILES string of the molecule is CCC(=O)Nc1cccc(NC(=O)c2ccc(CC)cc2)n1. The smallest absolute Gasteiger partial charge is 0.256 e. The summed E-state index contributed by atoms with van der Waals surface area (Å²) in [4.78, 5) is 27.7. The molecule has 0 saturated heterocycles. The summed E-state index contributed by atoms with van der Waals surface area (Å²) in [7, 11) is 0. The molecule has 0 unspecified atom stereocenters. The second-order valence-corrected chi connectivity index (χ2v) is 4.81. The number of nitrogens with one attached hydrogen (secondary N) is 2. The van der Waals surface area contributed by atoms with Gasteiger partial charge in [0.2, 0.25) is 5.91 Å². The van der Waals surface area contributed by atoms with E-state index in [1.54, 1.807) is 37.3 Å². The van der Waals surface area contributed by atoms with Gasteiger partial charge in [-0.05, 0) is 36.2 Å². The van der Waals surface area contributed by atoms with E-state index >= 15 is 0 Å². The fourth-order valence-electron chi connectivity index (χ4n) is 1.89. The third-order valence-corrected chi connectivity index (χ3v) is 3.20. The van der Waals surface area contributed by atoms with Crippen molar-refractivity contribution in [1.29, 1.82) is 0 Å². The Kier molecular flexibility index (Phi) is 5.25. The van der Waals surface area contributed by atoms with Gasteiger partial charge < -0.3 is 10.6 Å². The molecule has 0 fully saturated rings. The number of pyridine rings is 1. The van der Waals surface area contributed by atoms with Gasteiger partial charge in [0.25, 0.3) is 5.91 Å². The molecule has 0 aliphatic rings. The van der Waals surface area contributed by atoms with Crippen molar-refractivity contribution in [1.82, 2.24) is 4.98 Å². The first-order valence-corrected chi connectivity index (χ1v) is 7.29. The number of rotatable bonds is 5. The fraction of sp³-hybridized carbons (Fsp3) is 0.235. The summed E-state index contributed by atoms with van der Waals surface area (Å²) < 4.78 is 0. The summed E-state index contributed by atoms with van der Waals surface area (Å²) in [5.41, 5.74) is 1.75. The highest BCUT2D eigenvalue weighted by Gasteiger charge is 2.08. The molecule has 114 valence electrons. The molecule has 1 aromatic carbocycles. The maximum absolute atomic E-state index is 12.2. The highest BCUT2D eigenvalue weighted by Crippen LogP contribution is 2.12. The van der Waals surface area contributed by atoms with Crippen molar-refractivity contribution in [2.24, 2.45) is 0 Å². The number of carbonyl (C=O) groups is 2. The molecule has 2 amide bonds. The van der Waals surface area contributed by atoms with Crippen molar-refractivity contribution >= 4 is 23.5 Å². The predicted octanol–water partition coefficient (Wildman–Crippen LogP) is 3.24. The Labute approximate surface area is 129 Å². The Morgan fingerprint density at radius 2 is 1.59 bits per heavy atom. The van der Waals surface area contributed by atoms with E-state index in [0.717, 1.165) is 6.42 Å². The Balaban J connectivity index is 2.07. The van der Waals surface area contributed by atoms with Crippen LogP contribution in [-0.4, -0.2) is 16.8 Å². The van der Waals surface area contributed by atoms with E-state index in [1.165, 1.54) is 5.56 Å². The quantitative estimate of drug-likeness (QED) is 0.890. The summed E-state index contributed by atoms with van der Waals surface area (Å²) in [6, 6.07) is 12.5. The third kappa shape index (κ3) is 4.15. The van der Waals surface area contributed by atoms with Crippen LogP contribution in [0, 0.1) is 0 Å². The van der Waals surface area contributed by atoms with Crippen LogP contribution < -0.4 is 10.6 Å². The molecule has 2 rings (SSSR count). The zero-order valence-corrected chi connectivity index (χ0v) is 12.7. The molecule has 2 N–H and O–H groups in total. The highest BCUT2D eigenvalue weighted by atomic mass is 16.2. The fourth-order valence-corrected chi connectivity index (χ4v) is 1.89. The number of anilines is 2. The number of carbonyl (C=O) groups excluding carboxylic acids is 2. The summed E-state index contributed by atoms with van der Waals surface area (Å²) in [6.45, 7) is 3.83. The molecular formula is C17H19N3O2. The maximum Gasteiger partial charge on any atom is 0.256 e. The topological polar surface area (TPSA) is 71.1 Å². The Bertz CT molecular complexity index is 666. The summed E-state index contributed by atoms with van der Waals surface area (Å²) in [5, 5.41) is 5.38. The van der Waals surface area contributed by atoms with E-state index in [4.69, 9.17) is 0 Å². The Morgan fingerprint density at radius 3 is 2.18 bits per heavy atom. The van der Waals surface area contributed by atoms with Crippen LogP contribution in [0.3, 0.4) is 0 Å². The molecule has 22 heavy (non-hydrogen) atoms. The van der Waals surface area contributed by atoms with E-state index in [0.29, 0.717) is 23.6 Å². The van der Waals surface area contributed by atoms with Gasteiger partial charge in [0.1, 0.15) is 11.6 Å². The van der Waals surface area contributed by atoms with Crippen LogP contribution in [0.4, 0.5) is 11.6 Å². The summed E-state index contributed by atoms with van der Waals surface area (Å²) in [6.07, 6.45) is 1.31. The van der Waals surface area contributed by atoms with Crippen molar-refractivity contribution < 1.29 is 9.59 Å². The monoisotopic (exact) mass is 297 g/mol. The largest absolute Gasteiger partial charge is 0.311 e. The van der Waals surface area contributed by atoms with E-state index < -0.39 is 0 Å². The minimum Gasteiger partial charge on any atom is -0.311 e. The zero-order chi connectivity index (χ0) is 15.9. The van der Waals surface area contributed by atoms with Crippen LogP contribution in [0.15, 0.2) is 42.5 Å². The minimum absolute atomic E-state index is 0.119. The normalized spacial score (nSPS) is 10.1. The first-order valence-electron chi connectivity index (χ1n) is 7.29. The molecule has 0 aliphatic heterocycles. The van der Waals surface area contributed by atoms with Crippen LogP contribution in [0.2, 0.25) is 0 Å². The van der Waals surface area contributed by atoms with Crippen molar-refractivity contribution in [2.45, 2.75) is 26.7 Å². The molecule has 2 aromatic rings. The predicted molar refractivity (Wildman–Crippen MR) is 86.9 cm³/mol. The van der Waals surface area contributed by atoms with Gasteiger partial charge in [-0.1, -0.05) is 32.0 Å². The van der Waals surface area contributed by atoms with Gasteiger partial charge in [0.15, 0.2) is 0 Å². The lowest BCUT2D eigenvalue weighted by atomic mass is 10.1. The van der Waals surface area contributed by atoms with Crippen LogP contribution in [0.25, 0.3) is 0 Å². The number of hydrogen-bond donors (Lipinski definition) is 2. The van der Waals surface area contributed by atoms with Crippen LogP contribution in [0.5, 0.6) is 0 Å². The molecule has 1 aromatic heterocycles. The molecule has 0 spiro atoms. The lowest BCUT2D eigenvalue weighted by Gasteiger charge is -2.07. The number of benzene rings is 1. The molecular weight excluding hydrogens is 278 g/mol. The summed E-state index contributed by atoms with van der Waals surface area (Å²) in [5.74, 6) is 0.477. The van der Waals surface area contributed by atoms with Crippen molar-refractivity contribution in [3.8, 4) is 0 Å². The van der Waals surface area contributed by atoms with Gasteiger partial charge in [-0.2, -0.15) is 0 Å². The number of aromatic nitrogens is 1. The molecule has 0 bridgehead atoms. The number of aryl methyl sites for hydroxylation is 1. The highest BCUT2D eigenvalue weighted by molar-refractivity contribution is 6.03. The Hall–Kier alpha value is -2.69. The number of amides is 2. The van der Waals surface area contributed by atoms with E-state index in [9.17, 15) is 9.59 Å². The van der Waals surface area contributed by atoms with Crippen molar-refractivity contribution in [3.05, 3.63) is 53.6 Å². The molecule has 1 heterocycles. The second-order valence-electron chi connectivity index (χ2n) is 4.81. The van der Waals surface area contributed by atoms with Gasteiger partial charge in [-0.25, -0.2) is 4.98 Å². The standard InChI is InChI=1S/C17H19N3O2/c1-3-12-8-10-13(11-9-12)17(22)20-15-7-5-6-14(18-15)19-16(21)4-2/h5-11H,3-4H2,1-2H3,(H2,18,19,20,21,22). The molecule has 0 aliphatic carbocycles. The second kappa shape index (κ2) is 7.36. The molecule has 0 radical (unpaired) electrons. The average Bonchev–Trinajstić information content (AvgIpc) is 2.55. The number of nitrogens with zero attached hydrogens (tertiary/aromatic N) is 1. The first kappa shape index (κ1) is 15.7. The zero-order valence-electron chi connectivity index (χ0n) is 12.7. The van der Waals surface area contributed by atoms with Gasteiger partial charge in [0, 0.05) is 12.0 Å². The van der Waals surface area contributed by atoms with E-state index in [1.807, 2.05) is 12.1 Å². The van der Waals surface area contributed by atoms with Crippen LogP contribution in [0.1, 0.15) is 36.2 Å². The molecule has 0 saturated carbocycles. The van der Waals surface area contributed by atoms with Gasteiger partial charge >= 0.3 is 0 Å².